The van der Waals surface area contributed by atoms with Crippen molar-refractivity contribution >= 4 is 0 Å². The highest BCUT2D eigenvalue weighted by atomic mass is 16.3. The Hall–Kier alpha value is -2.04. The van der Waals surface area contributed by atoms with Crippen LogP contribution in [0.4, 0.5) is 0 Å². The van der Waals surface area contributed by atoms with E-state index in [4.69, 9.17) is 0 Å². The molecule has 44 heavy (non-hydrogen) atoms. The molecule has 0 atom stereocenters. The van der Waals surface area contributed by atoms with Crippen LogP contribution in [0, 0.1) is 0 Å². The summed E-state index contributed by atoms with van der Waals surface area (Å²) in [5.41, 5.74) is 5.53. The molecule has 2 aromatic carbocycles. The van der Waals surface area contributed by atoms with Gasteiger partial charge in [0.15, 0.2) is 0 Å². The zero-order valence-electron chi connectivity index (χ0n) is 31.1. The van der Waals surface area contributed by atoms with E-state index in [1.54, 1.807) is 0 Å². The Morgan fingerprint density at radius 2 is 0.795 bits per heavy atom. The molecule has 0 saturated heterocycles. The third kappa shape index (κ3) is 8.81. The normalized spacial score (nSPS) is 13.4. The van der Waals surface area contributed by atoms with E-state index in [-0.39, 0.29) is 33.2 Å². The van der Waals surface area contributed by atoms with Gasteiger partial charge in [-0.3, -0.25) is 4.90 Å². The fourth-order valence-corrected chi connectivity index (χ4v) is 5.71. The Morgan fingerprint density at radius 3 is 1.09 bits per heavy atom. The molecule has 0 radical (unpaired) electrons. The molecule has 0 saturated carbocycles. The predicted octanol–water partition coefficient (Wildman–Crippen LogP) is 8.93. The van der Waals surface area contributed by atoms with Crippen LogP contribution in [0.1, 0.15) is 156 Å². The first kappa shape index (κ1) is 38.1. The Kier molecular flexibility index (Phi) is 13.0. The lowest BCUT2D eigenvalue weighted by Crippen LogP contribution is -2.35. The van der Waals surface area contributed by atoms with Crippen molar-refractivity contribution in [1.82, 2.24) is 9.80 Å². The summed E-state index contributed by atoms with van der Waals surface area (Å²) in [5.74, 6) is 0.327. The first-order chi connectivity index (χ1) is 20.3. The summed E-state index contributed by atoms with van der Waals surface area (Å²) in [5, 5.41) is 28.4. The van der Waals surface area contributed by atoms with Crippen molar-refractivity contribution in [2.75, 3.05) is 26.2 Å². The Morgan fingerprint density at radius 1 is 0.477 bits per heavy atom. The molecule has 0 aliphatic rings. The molecule has 2 aromatic rings. The minimum Gasteiger partial charge on any atom is -0.872 e. The van der Waals surface area contributed by atoms with Gasteiger partial charge in [0.05, 0.1) is 0 Å². The highest BCUT2D eigenvalue weighted by molar-refractivity contribution is 5.50. The van der Waals surface area contributed by atoms with Crippen molar-refractivity contribution < 1.29 is 10.2 Å². The van der Waals surface area contributed by atoms with Crippen LogP contribution in [-0.4, -0.2) is 36.0 Å². The minimum atomic E-state index is -0.208. The first-order valence-electron chi connectivity index (χ1n) is 17.5. The number of hydrogen-bond acceptors (Lipinski definition) is 4. The average molecular weight is 607 g/mol. The quantitative estimate of drug-likeness (QED) is 0.180. The highest BCUT2D eigenvalue weighted by Gasteiger charge is 2.28. The molecule has 0 aromatic heterocycles. The maximum absolute atomic E-state index is 14.2. The van der Waals surface area contributed by atoms with E-state index in [2.05, 4.69) is 131 Å². The monoisotopic (exact) mass is 607 g/mol. The van der Waals surface area contributed by atoms with E-state index in [1.807, 2.05) is 0 Å². The van der Waals surface area contributed by atoms with Gasteiger partial charge in [-0.15, -0.1) is 11.5 Å². The molecule has 0 spiro atoms. The van der Waals surface area contributed by atoms with Crippen LogP contribution >= 0.6 is 0 Å². The molecule has 0 amide bonds. The fourth-order valence-electron chi connectivity index (χ4n) is 5.71. The minimum absolute atomic E-state index is 0.0318. The van der Waals surface area contributed by atoms with Gasteiger partial charge < -0.3 is 15.1 Å². The van der Waals surface area contributed by atoms with Gasteiger partial charge >= 0.3 is 0 Å². The van der Waals surface area contributed by atoms with Crippen molar-refractivity contribution in [3.63, 3.8) is 0 Å². The van der Waals surface area contributed by atoms with Crippen LogP contribution in [-0.2, 0) is 34.7 Å². The van der Waals surface area contributed by atoms with Crippen LogP contribution in [0.5, 0.6) is 11.5 Å². The maximum atomic E-state index is 14.2. The molecule has 2 rings (SSSR count). The summed E-state index contributed by atoms with van der Waals surface area (Å²) >= 11 is 0. The zero-order chi connectivity index (χ0) is 33.7. The molecule has 4 heteroatoms. The Labute approximate surface area is 272 Å². The van der Waals surface area contributed by atoms with Crippen LogP contribution in [0.3, 0.4) is 0 Å². The third-order valence-corrected chi connectivity index (χ3v) is 11.3. The van der Waals surface area contributed by atoms with Crippen molar-refractivity contribution in [3.8, 4) is 11.5 Å². The van der Waals surface area contributed by atoms with Gasteiger partial charge in [-0.05, 0) is 93.8 Å². The van der Waals surface area contributed by atoms with E-state index in [0.29, 0.717) is 13.1 Å². The summed E-state index contributed by atoms with van der Waals surface area (Å²) < 4.78 is 0. The topological polar surface area (TPSA) is 52.6 Å². The number of hydrogen-bond donors (Lipinski definition) is 0. The lowest BCUT2D eigenvalue weighted by Gasteiger charge is -2.37. The Balaban J connectivity index is 2.77. The van der Waals surface area contributed by atoms with Crippen LogP contribution < -0.4 is 10.2 Å². The molecule has 0 unspecified atom stereocenters. The van der Waals surface area contributed by atoms with Crippen molar-refractivity contribution in [2.45, 2.75) is 157 Å². The maximum Gasteiger partial charge on any atom is 0.0231 e. The number of benzene rings is 2. The number of likely N-dealkylation sites (N-methyl/N-ethyl adjacent to an activating group) is 1. The van der Waals surface area contributed by atoms with Crippen LogP contribution in [0.15, 0.2) is 24.3 Å². The van der Waals surface area contributed by atoms with Gasteiger partial charge in [0.1, 0.15) is 0 Å². The lowest BCUT2D eigenvalue weighted by atomic mass is 9.75. The van der Waals surface area contributed by atoms with Crippen LogP contribution in [0.2, 0.25) is 0 Å². The number of rotatable bonds is 17. The van der Waals surface area contributed by atoms with Gasteiger partial charge in [0.2, 0.25) is 0 Å². The first-order valence-corrected chi connectivity index (χ1v) is 17.5. The summed E-state index contributed by atoms with van der Waals surface area (Å²) in [6.45, 7) is 35.8. The van der Waals surface area contributed by atoms with Crippen LogP contribution in [0.25, 0.3) is 0 Å². The van der Waals surface area contributed by atoms with E-state index in [1.165, 1.54) is 11.1 Å². The van der Waals surface area contributed by atoms with E-state index in [0.717, 1.165) is 74.1 Å². The van der Waals surface area contributed by atoms with Gasteiger partial charge in [-0.1, -0.05) is 121 Å². The van der Waals surface area contributed by atoms with E-state index in [9.17, 15) is 10.2 Å². The molecule has 250 valence electrons. The smallest absolute Gasteiger partial charge is 0.0231 e. The summed E-state index contributed by atoms with van der Waals surface area (Å²) in [6, 6.07) is 8.71. The summed E-state index contributed by atoms with van der Waals surface area (Å²) in [4.78, 5) is 4.79. The molecular weight excluding hydrogens is 540 g/mol. The molecule has 0 fully saturated rings. The predicted molar refractivity (Wildman–Crippen MR) is 187 cm³/mol. The standard InChI is InChI=1S/C40H68N2O2/c1-15-37(7,8)31-23-29(35(43)33(25-31)39(11,12)17-3)27-42(22-21-41(19-5)20-6)28-30-24-32(38(9,10)16-2)26-34(36(30)44)40(13,14)18-4/h23-26,43-44H,15-22,27-28H2,1-14H3/p-2. The van der Waals surface area contributed by atoms with Gasteiger partial charge in [-0.2, -0.15) is 0 Å². The third-order valence-electron chi connectivity index (χ3n) is 11.3. The van der Waals surface area contributed by atoms with Crippen molar-refractivity contribution in [3.05, 3.63) is 57.6 Å². The van der Waals surface area contributed by atoms with Gasteiger partial charge in [0, 0.05) is 26.2 Å². The van der Waals surface area contributed by atoms with Gasteiger partial charge in [-0.25, -0.2) is 0 Å². The SMILES string of the molecule is CCN(CC)CCN(Cc1cc(C(C)(C)CC)cc(C(C)(C)CC)c1[O-])Cc1cc(C(C)(C)CC)cc(C(C)(C)CC)c1[O-]. The Bertz CT molecular complexity index is 1130. The second kappa shape index (κ2) is 15.0. The highest BCUT2D eigenvalue weighted by Crippen LogP contribution is 2.41. The molecular formula is C40H66N2O2-2. The average Bonchev–Trinajstić information content (AvgIpc) is 2.98. The molecule has 0 heterocycles. The fraction of sp³-hybridized carbons (Fsp3) is 0.700. The van der Waals surface area contributed by atoms with Crippen molar-refractivity contribution in [2.24, 2.45) is 0 Å². The number of nitrogens with zero attached hydrogens (tertiary/aromatic N) is 2. The van der Waals surface area contributed by atoms with Gasteiger partial charge in [0.25, 0.3) is 0 Å². The van der Waals surface area contributed by atoms with Crippen molar-refractivity contribution in [1.29, 1.82) is 0 Å². The van der Waals surface area contributed by atoms with E-state index >= 15 is 0 Å². The molecule has 0 aliphatic carbocycles. The van der Waals surface area contributed by atoms with E-state index < -0.39 is 0 Å². The molecule has 0 N–H and O–H groups in total. The summed E-state index contributed by atoms with van der Waals surface area (Å²) in [7, 11) is 0. The molecule has 4 nitrogen and oxygen atoms in total. The summed E-state index contributed by atoms with van der Waals surface area (Å²) in [6.07, 6.45) is 3.80. The molecule has 0 bridgehead atoms. The zero-order valence-corrected chi connectivity index (χ0v) is 31.1. The lowest BCUT2D eigenvalue weighted by molar-refractivity contribution is -0.271. The largest absolute Gasteiger partial charge is 0.872 e. The second-order valence-corrected chi connectivity index (χ2v) is 15.7. The molecule has 0 aliphatic heterocycles. The second-order valence-electron chi connectivity index (χ2n) is 15.7.